The molecule has 36 heavy (non-hydrogen) atoms. The maximum Gasteiger partial charge on any atom is 0.242 e. The van der Waals surface area contributed by atoms with Gasteiger partial charge in [-0.2, -0.15) is 0 Å². The summed E-state index contributed by atoms with van der Waals surface area (Å²) in [5.41, 5.74) is 1.96. The number of nitrogens with one attached hydrogen (secondary N) is 1. The summed E-state index contributed by atoms with van der Waals surface area (Å²) in [4.78, 5) is 27.8. The SMILES string of the molecule is CCc1ccc(N(CCCC(=O)N(Cc2ccccc2Cl)[C@H](C)C(=O)NC(C)(C)C)S(C)(=O)=O)cc1. The average molecular weight is 536 g/mol. The summed E-state index contributed by atoms with van der Waals surface area (Å²) < 4.78 is 26.2. The highest BCUT2D eigenvalue weighted by Crippen LogP contribution is 2.22. The Kier molecular flexibility index (Phi) is 10.4. The molecule has 0 aliphatic carbocycles. The predicted octanol–water partition coefficient (Wildman–Crippen LogP) is 4.78. The molecule has 0 fully saturated rings. The van der Waals surface area contributed by atoms with Crippen molar-refractivity contribution in [2.75, 3.05) is 17.1 Å². The number of sulfonamides is 1. The van der Waals surface area contributed by atoms with Gasteiger partial charge in [0, 0.05) is 30.1 Å². The Morgan fingerprint density at radius 2 is 1.67 bits per heavy atom. The Hall–Kier alpha value is -2.58. The van der Waals surface area contributed by atoms with E-state index in [1.54, 1.807) is 31.2 Å². The summed E-state index contributed by atoms with van der Waals surface area (Å²) in [5, 5.41) is 3.44. The first kappa shape index (κ1) is 29.6. The molecule has 198 valence electrons. The first-order chi connectivity index (χ1) is 16.7. The Morgan fingerprint density at radius 1 is 1.06 bits per heavy atom. The van der Waals surface area contributed by atoms with Crippen LogP contribution in [0.2, 0.25) is 5.02 Å². The van der Waals surface area contributed by atoms with Gasteiger partial charge in [0.15, 0.2) is 0 Å². The predicted molar refractivity (Wildman–Crippen MR) is 147 cm³/mol. The number of hydrogen-bond donors (Lipinski definition) is 1. The molecule has 9 heteroatoms. The van der Waals surface area contributed by atoms with Crippen LogP contribution in [-0.2, 0) is 32.6 Å². The van der Waals surface area contributed by atoms with Gasteiger partial charge >= 0.3 is 0 Å². The highest BCUT2D eigenvalue weighted by atomic mass is 35.5. The summed E-state index contributed by atoms with van der Waals surface area (Å²) in [6.07, 6.45) is 2.39. The van der Waals surface area contributed by atoms with Crippen LogP contribution < -0.4 is 9.62 Å². The Balaban J connectivity index is 2.19. The number of halogens is 1. The quantitative estimate of drug-likeness (QED) is 0.448. The molecule has 2 aromatic carbocycles. The van der Waals surface area contributed by atoms with Gasteiger partial charge in [0.25, 0.3) is 0 Å². The van der Waals surface area contributed by atoms with E-state index < -0.39 is 21.6 Å². The second-order valence-corrected chi connectivity index (χ2v) is 12.3. The molecule has 0 aliphatic rings. The van der Waals surface area contributed by atoms with Gasteiger partial charge in [-0.1, -0.05) is 48.9 Å². The second kappa shape index (κ2) is 12.6. The number of rotatable bonds is 11. The summed E-state index contributed by atoms with van der Waals surface area (Å²) in [6.45, 7) is 9.68. The van der Waals surface area contributed by atoms with Gasteiger partial charge in [-0.3, -0.25) is 13.9 Å². The van der Waals surface area contributed by atoms with Gasteiger partial charge in [-0.25, -0.2) is 8.42 Å². The molecular weight excluding hydrogens is 498 g/mol. The molecule has 2 aromatic rings. The van der Waals surface area contributed by atoms with Crippen LogP contribution in [0.5, 0.6) is 0 Å². The van der Waals surface area contributed by atoms with E-state index in [1.165, 1.54) is 9.21 Å². The van der Waals surface area contributed by atoms with E-state index in [4.69, 9.17) is 11.6 Å². The van der Waals surface area contributed by atoms with Crippen molar-refractivity contribution in [3.63, 3.8) is 0 Å². The van der Waals surface area contributed by atoms with Crippen LogP contribution in [0, 0.1) is 0 Å². The van der Waals surface area contributed by atoms with Crippen molar-refractivity contribution in [1.82, 2.24) is 10.2 Å². The minimum absolute atomic E-state index is 0.0800. The molecule has 0 spiro atoms. The van der Waals surface area contributed by atoms with Gasteiger partial charge in [-0.05, 0) is 69.9 Å². The monoisotopic (exact) mass is 535 g/mol. The van der Waals surface area contributed by atoms with Crippen LogP contribution >= 0.6 is 11.6 Å². The lowest BCUT2D eigenvalue weighted by atomic mass is 10.1. The largest absolute Gasteiger partial charge is 0.350 e. The third kappa shape index (κ3) is 8.82. The van der Waals surface area contributed by atoms with Gasteiger partial charge in [0.2, 0.25) is 21.8 Å². The third-order valence-corrected chi connectivity index (χ3v) is 7.31. The summed E-state index contributed by atoms with van der Waals surface area (Å²) in [7, 11) is -3.53. The lowest BCUT2D eigenvalue weighted by molar-refractivity contribution is -0.141. The number of carbonyl (C=O) groups excluding carboxylic acids is 2. The van der Waals surface area contributed by atoms with E-state index in [9.17, 15) is 18.0 Å². The number of carbonyl (C=O) groups is 2. The molecule has 0 bridgehead atoms. The minimum Gasteiger partial charge on any atom is -0.350 e. The zero-order valence-electron chi connectivity index (χ0n) is 22.0. The fourth-order valence-corrected chi connectivity index (χ4v) is 4.93. The molecule has 0 unspecified atom stereocenters. The zero-order valence-corrected chi connectivity index (χ0v) is 23.6. The van der Waals surface area contributed by atoms with Gasteiger partial charge in [0.1, 0.15) is 6.04 Å². The van der Waals surface area contributed by atoms with Crippen LogP contribution in [0.3, 0.4) is 0 Å². The third-order valence-electron chi connectivity index (χ3n) is 5.75. The fraction of sp³-hybridized carbons (Fsp3) is 0.481. The second-order valence-electron chi connectivity index (χ2n) is 9.99. The molecule has 0 aromatic heterocycles. The lowest BCUT2D eigenvalue weighted by Gasteiger charge is -2.32. The molecule has 7 nitrogen and oxygen atoms in total. The van der Waals surface area contributed by atoms with Gasteiger partial charge in [0.05, 0.1) is 11.9 Å². The molecule has 1 N–H and O–H groups in total. The van der Waals surface area contributed by atoms with Crippen LogP contribution in [0.4, 0.5) is 5.69 Å². The number of benzene rings is 2. The van der Waals surface area contributed by atoms with Crippen LogP contribution in [0.15, 0.2) is 48.5 Å². The molecule has 0 aliphatic heterocycles. The lowest BCUT2D eigenvalue weighted by Crippen LogP contribution is -2.52. The van der Waals surface area contributed by atoms with Crippen molar-refractivity contribution in [2.45, 2.75) is 72.0 Å². The Bertz CT molecular complexity index is 1140. The standard InChI is InChI=1S/C27H38ClN3O4S/c1-7-21-14-16-23(17-15-21)31(36(6,34)35)18-10-13-25(32)30(19-22-11-8-9-12-24(22)28)20(2)26(33)29-27(3,4)5/h8-9,11-12,14-17,20H,7,10,13,18-19H2,1-6H3,(H,29,33)/t20-/m1/s1. The number of amides is 2. The summed E-state index contributed by atoms with van der Waals surface area (Å²) in [6, 6.07) is 13.8. The number of anilines is 1. The maximum atomic E-state index is 13.4. The molecule has 2 rings (SSSR count). The van der Waals surface area contributed by atoms with Crippen molar-refractivity contribution >= 4 is 39.1 Å². The molecule has 1 atom stereocenters. The van der Waals surface area contributed by atoms with E-state index in [0.29, 0.717) is 17.1 Å². The summed E-state index contributed by atoms with van der Waals surface area (Å²) >= 11 is 6.34. The average Bonchev–Trinajstić information content (AvgIpc) is 2.79. The van der Waals surface area contributed by atoms with Crippen molar-refractivity contribution in [1.29, 1.82) is 0 Å². The van der Waals surface area contributed by atoms with Crippen LogP contribution in [-0.4, -0.2) is 49.5 Å². The molecular formula is C27H38ClN3O4S. The fourth-order valence-electron chi connectivity index (χ4n) is 3.77. The van der Waals surface area contributed by atoms with E-state index in [2.05, 4.69) is 5.32 Å². The minimum atomic E-state index is -3.53. The molecule has 0 radical (unpaired) electrons. The first-order valence-electron chi connectivity index (χ1n) is 12.1. The number of nitrogens with zero attached hydrogens (tertiary/aromatic N) is 2. The van der Waals surface area contributed by atoms with Crippen LogP contribution in [0.25, 0.3) is 0 Å². The Morgan fingerprint density at radius 3 is 2.19 bits per heavy atom. The molecule has 0 saturated carbocycles. The zero-order chi connectivity index (χ0) is 27.1. The molecule has 0 saturated heterocycles. The highest BCUT2D eigenvalue weighted by Gasteiger charge is 2.29. The van der Waals surface area contributed by atoms with Gasteiger partial charge in [-0.15, -0.1) is 0 Å². The van der Waals surface area contributed by atoms with E-state index in [0.717, 1.165) is 23.8 Å². The van der Waals surface area contributed by atoms with E-state index >= 15 is 0 Å². The normalized spacial score (nSPS) is 12.6. The first-order valence-corrected chi connectivity index (χ1v) is 14.4. The van der Waals surface area contributed by atoms with Gasteiger partial charge < -0.3 is 10.2 Å². The Labute approximate surface area is 220 Å². The number of aryl methyl sites for hydroxylation is 1. The van der Waals surface area contributed by atoms with Crippen molar-refractivity contribution in [3.05, 3.63) is 64.7 Å². The van der Waals surface area contributed by atoms with Crippen molar-refractivity contribution in [2.24, 2.45) is 0 Å². The molecule has 2 amide bonds. The number of hydrogen-bond acceptors (Lipinski definition) is 4. The summed E-state index contributed by atoms with van der Waals surface area (Å²) in [5.74, 6) is -0.516. The van der Waals surface area contributed by atoms with Crippen molar-refractivity contribution < 1.29 is 18.0 Å². The van der Waals surface area contributed by atoms with E-state index in [-0.39, 0.29) is 31.3 Å². The highest BCUT2D eigenvalue weighted by molar-refractivity contribution is 7.92. The van der Waals surface area contributed by atoms with E-state index in [1.807, 2.05) is 52.0 Å². The topological polar surface area (TPSA) is 86.8 Å². The smallest absolute Gasteiger partial charge is 0.242 e. The van der Waals surface area contributed by atoms with Crippen LogP contribution in [0.1, 0.15) is 58.6 Å². The maximum absolute atomic E-state index is 13.4. The molecule has 0 heterocycles. The van der Waals surface area contributed by atoms with Crippen molar-refractivity contribution in [3.8, 4) is 0 Å².